The van der Waals surface area contributed by atoms with Crippen molar-refractivity contribution in [3.8, 4) is 0 Å². The summed E-state index contributed by atoms with van der Waals surface area (Å²) in [5, 5.41) is 1.13. The number of aromatic nitrogens is 3. The van der Waals surface area contributed by atoms with Crippen molar-refractivity contribution in [3.63, 3.8) is 0 Å². The van der Waals surface area contributed by atoms with E-state index in [0.29, 0.717) is 0 Å². The van der Waals surface area contributed by atoms with Crippen molar-refractivity contribution in [3.05, 3.63) is 29.3 Å². The topological polar surface area (TPSA) is 21.2 Å². The Morgan fingerprint density at radius 3 is 3.06 bits per heavy atom. The van der Waals surface area contributed by atoms with Crippen molar-refractivity contribution in [2.24, 2.45) is 7.05 Å². The van der Waals surface area contributed by atoms with Gasteiger partial charge in [0.25, 0.3) is 5.82 Å². The van der Waals surface area contributed by atoms with E-state index in [2.05, 4.69) is 53.3 Å². The molecule has 0 spiro atoms. The fourth-order valence-electron chi connectivity index (χ4n) is 2.27. The first-order valence-corrected chi connectivity index (χ1v) is 6.28. The van der Waals surface area contributed by atoms with E-state index in [1.807, 2.05) is 0 Å². The van der Waals surface area contributed by atoms with Gasteiger partial charge in [-0.1, -0.05) is 6.92 Å². The van der Waals surface area contributed by atoms with Gasteiger partial charge in [-0.3, -0.25) is 0 Å². The summed E-state index contributed by atoms with van der Waals surface area (Å²) in [4.78, 5) is 4.52. The summed E-state index contributed by atoms with van der Waals surface area (Å²) >= 11 is 1.77. The normalized spacial score (nSPS) is 11.7. The summed E-state index contributed by atoms with van der Waals surface area (Å²) in [5.74, 6) is 1.32. The standard InChI is InChI=1S/C12H14N3S/c1-4-11-14(3)7-10-12-9(5-6-15(10)11)13-8(2)16-12/h5-7H,4H2,1-3H3/q+1. The van der Waals surface area contributed by atoms with Crippen molar-refractivity contribution in [2.75, 3.05) is 0 Å². The van der Waals surface area contributed by atoms with Crippen molar-refractivity contribution >= 4 is 27.1 Å². The lowest BCUT2D eigenvalue weighted by atomic mass is 10.4. The largest absolute Gasteiger partial charge is 0.261 e. The smallest absolute Gasteiger partial charge is 0.241 e. The Balaban J connectivity index is 2.51. The van der Waals surface area contributed by atoms with E-state index >= 15 is 0 Å². The highest BCUT2D eigenvalue weighted by molar-refractivity contribution is 7.19. The number of hydrogen-bond donors (Lipinski definition) is 0. The van der Waals surface area contributed by atoms with Gasteiger partial charge in [-0.05, 0) is 6.92 Å². The first kappa shape index (κ1) is 9.78. The number of imidazole rings is 1. The van der Waals surface area contributed by atoms with Gasteiger partial charge in [0.1, 0.15) is 10.9 Å². The molecule has 3 nitrogen and oxygen atoms in total. The molecule has 0 aromatic carbocycles. The Kier molecular flexibility index (Phi) is 2.01. The van der Waals surface area contributed by atoms with Crippen LogP contribution in [-0.2, 0) is 13.5 Å². The number of pyridine rings is 1. The Morgan fingerprint density at radius 1 is 1.50 bits per heavy atom. The van der Waals surface area contributed by atoms with Crippen LogP contribution in [0, 0.1) is 6.92 Å². The third kappa shape index (κ3) is 1.19. The monoisotopic (exact) mass is 232 g/mol. The first-order valence-electron chi connectivity index (χ1n) is 5.46. The van der Waals surface area contributed by atoms with Crippen LogP contribution in [0.4, 0.5) is 0 Å². The van der Waals surface area contributed by atoms with E-state index in [4.69, 9.17) is 0 Å². The SMILES string of the molecule is CCc1n2ccc3nc(C)sc3c2c[n+]1C. The lowest BCUT2D eigenvalue weighted by Crippen LogP contribution is -2.30. The lowest BCUT2D eigenvalue weighted by molar-refractivity contribution is -0.677. The van der Waals surface area contributed by atoms with E-state index < -0.39 is 0 Å². The molecule has 0 amide bonds. The third-order valence-electron chi connectivity index (χ3n) is 2.95. The Labute approximate surface area is 98.0 Å². The van der Waals surface area contributed by atoms with E-state index in [0.717, 1.165) is 16.9 Å². The van der Waals surface area contributed by atoms with Gasteiger partial charge in [0, 0.05) is 12.5 Å². The molecule has 0 unspecified atom stereocenters. The quantitative estimate of drug-likeness (QED) is 0.590. The van der Waals surface area contributed by atoms with Crippen molar-refractivity contribution in [1.82, 2.24) is 9.38 Å². The predicted octanol–water partition coefficient (Wildman–Crippen LogP) is 2.24. The van der Waals surface area contributed by atoms with Crippen LogP contribution in [0.25, 0.3) is 15.7 Å². The molecule has 4 heteroatoms. The summed E-state index contributed by atoms with van der Waals surface area (Å²) in [5.41, 5.74) is 2.37. The number of rotatable bonds is 1. The molecule has 3 rings (SSSR count). The van der Waals surface area contributed by atoms with Crippen LogP contribution in [0.1, 0.15) is 17.8 Å². The molecule has 0 bridgehead atoms. The van der Waals surface area contributed by atoms with Gasteiger partial charge >= 0.3 is 0 Å². The van der Waals surface area contributed by atoms with Gasteiger partial charge in [0.15, 0.2) is 5.52 Å². The highest BCUT2D eigenvalue weighted by atomic mass is 32.1. The minimum Gasteiger partial charge on any atom is -0.241 e. The molecule has 0 aliphatic rings. The molecular formula is C12H14N3S+. The summed E-state index contributed by atoms with van der Waals surface area (Å²) in [6, 6.07) is 2.10. The molecule has 0 fully saturated rings. The second-order valence-corrected chi connectivity index (χ2v) is 5.23. The fraction of sp³-hybridized carbons (Fsp3) is 0.333. The number of hydrogen-bond acceptors (Lipinski definition) is 2. The van der Waals surface area contributed by atoms with Crippen LogP contribution in [0.2, 0.25) is 0 Å². The van der Waals surface area contributed by atoms with Crippen LogP contribution in [-0.4, -0.2) is 9.38 Å². The summed E-state index contributed by atoms with van der Waals surface area (Å²) in [6.45, 7) is 4.24. The maximum Gasteiger partial charge on any atom is 0.261 e. The molecule has 3 heterocycles. The lowest BCUT2D eigenvalue weighted by Gasteiger charge is -1.91. The molecule has 82 valence electrons. The number of thiazole rings is 1. The second-order valence-electron chi connectivity index (χ2n) is 4.03. The second kappa shape index (κ2) is 3.28. The fourth-order valence-corrected chi connectivity index (χ4v) is 3.18. The van der Waals surface area contributed by atoms with Gasteiger partial charge < -0.3 is 0 Å². The average Bonchev–Trinajstić information content (AvgIpc) is 2.76. The first-order chi connectivity index (χ1) is 7.70. The van der Waals surface area contributed by atoms with Gasteiger partial charge in [-0.15, -0.1) is 11.3 Å². The predicted molar refractivity (Wildman–Crippen MR) is 65.9 cm³/mol. The summed E-state index contributed by atoms with van der Waals surface area (Å²) in [6.07, 6.45) is 5.35. The molecule has 0 saturated heterocycles. The highest BCUT2D eigenvalue weighted by Crippen LogP contribution is 2.26. The van der Waals surface area contributed by atoms with E-state index in [1.165, 1.54) is 16.0 Å². The molecule has 3 aromatic rings. The minimum absolute atomic E-state index is 1.04. The highest BCUT2D eigenvalue weighted by Gasteiger charge is 2.17. The maximum atomic E-state index is 4.52. The van der Waals surface area contributed by atoms with E-state index in [9.17, 15) is 0 Å². The molecule has 0 atom stereocenters. The van der Waals surface area contributed by atoms with Crippen LogP contribution < -0.4 is 4.57 Å². The van der Waals surface area contributed by atoms with Crippen molar-refractivity contribution in [1.29, 1.82) is 0 Å². The molecule has 0 saturated carbocycles. The van der Waals surface area contributed by atoms with Crippen LogP contribution in [0.5, 0.6) is 0 Å². The molecule has 0 N–H and O–H groups in total. The van der Waals surface area contributed by atoms with E-state index in [-0.39, 0.29) is 0 Å². The van der Waals surface area contributed by atoms with Crippen LogP contribution in [0.15, 0.2) is 18.5 Å². The average molecular weight is 232 g/mol. The number of aryl methyl sites for hydroxylation is 3. The molecular weight excluding hydrogens is 218 g/mol. The zero-order valence-corrected chi connectivity index (χ0v) is 10.5. The van der Waals surface area contributed by atoms with E-state index in [1.54, 1.807) is 11.3 Å². The van der Waals surface area contributed by atoms with Gasteiger partial charge in [-0.2, -0.15) is 4.40 Å². The molecule has 0 aliphatic carbocycles. The number of fused-ring (bicyclic) bond motifs is 3. The summed E-state index contributed by atoms with van der Waals surface area (Å²) < 4.78 is 5.75. The third-order valence-corrected chi connectivity index (χ3v) is 3.96. The van der Waals surface area contributed by atoms with Gasteiger partial charge in [-0.25, -0.2) is 9.55 Å². The zero-order chi connectivity index (χ0) is 11.3. The maximum absolute atomic E-state index is 4.52. The van der Waals surface area contributed by atoms with Gasteiger partial charge in [0.05, 0.1) is 23.8 Å². The Morgan fingerprint density at radius 2 is 2.31 bits per heavy atom. The van der Waals surface area contributed by atoms with Crippen LogP contribution >= 0.6 is 11.3 Å². The Bertz CT molecular complexity index is 678. The molecule has 3 aromatic heterocycles. The molecule has 0 radical (unpaired) electrons. The van der Waals surface area contributed by atoms with Gasteiger partial charge in [0.2, 0.25) is 0 Å². The molecule has 16 heavy (non-hydrogen) atoms. The Hall–Kier alpha value is -1.42. The minimum atomic E-state index is 1.04. The van der Waals surface area contributed by atoms with Crippen molar-refractivity contribution in [2.45, 2.75) is 20.3 Å². The summed E-state index contributed by atoms with van der Waals surface area (Å²) in [7, 11) is 2.10. The zero-order valence-electron chi connectivity index (χ0n) is 9.69. The van der Waals surface area contributed by atoms with Crippen molar-refractivity contribution < 1.29 is 4.57 Å². The van der Waals surface area contributed by atoms with Crippen LogP contribution in [0.3, 0.4) is 0 Å². The number of nitrogens with zero attached hydrogens (tertiary/aromatic N) is 3. The molecule has 0 aliphatic heterocycles.